The summed E-state index contributed by atoms with van der Waals surface area (Å²) in [5.41, 5.74) is 4.62. The van der Waals surface area contributed by atoms with E-state index in [0.717, 1.165) is 58.7 Å². The molecule has 1 saturated heterocycles. The molecule has 7 heteroatoms. The number of fused-ring (bicyclic) bond motifs is 1. The van der Waals surface area contributed by atoms with Crippen molar-refractivity contribution < 1.29 is 13.5 Å². The van der Waals surface area contributed by atoms with Crippen LogP contribution in [0, 0.1) is 5.82 Å². The quantitative estimate of drug-likeness (QED) is 0.348. The summed E-state index contributed by atoms with van der Waals surface area (Å²) in [6.45, 7) is 1.40. The molecule has 0 unspecified atom stereocenters. The van der Waals surface area contributed by atoms with Crippen LogP contribution < -0.4 is 0 Å². The lowest BCUT2D eigenvalue weighted by Gasteiger charge is -2.22. The van der Waals surface area contributed by atoms with Gasteiger partial charge in [0.2, 0.25) is 5.71 Å². The minimum atomic E-state index is -0.285. The van der Waals surface area contributed by atoms with Crippen LogP contribution in [0.4, 0.5) is 4.39 Å². The standard InChI is InChI=1S/C26H21FN4O2/c27-19-10-8-18(9-11-19)24-22(14-31(30-24)20-7-4-12-32-15-20)25-21-13-23(17-5-2-1-3-6-17)33-26(21)29-16-28-25/h1-3,5-6,8-11,13-14,16,20H,4,7,12,15H2/t20-/m1/s1. The Balaban J connectivity index is 1.52. The number of rotatable bonds is 4. The number of nitrogens with zero attached hydrogens (tertiary/aromatic N) is 4. The van der Waals surface area contributed by atoms with Crippen molar-refractivity contribution >= 4 is 11.1 Å². The Labute approximate surface area is 189 Å². The average molecular weight is 440 g/mol. The Kier molecular flexibility index (Phi) is 4.96. The van der Waals surface area contributed by atoms with E-state index in [4.69, 9.17) is 14.3 Å². The number of hydrogen-bond donors (Lipinski definition) is 0. The van der Waals surface area contributed by atoms with Gasteiger partial charge in [0.15, 0.2) is 0 Å². The second-order valence-electron chi connectivity index (χ2n) is 8.17. The van der Waals surface area contributed by atoms with Crippen LogP contribution in [0.2, 0.25) is 0 Å². The van der Waals surface area contributed by atoms with Gasteiger partial charge >= 0.3 is 0 Å². The maximum atomic E-state index is 13.6. The summed E-state index contributed by atoms with van der Waals surface area (Å²) in [5, 5.41) is 5.71. The number of halogens is 1. The summed E-state index contributed by atoms with van der Waals surface area (Å²) in [5.74, 6) is 0.441. The highest BCUT2D eigenvalue weighted by Crippen LogP contribution is 2.37. The van der Waals surface area contributed by atoms with Gasteiger partial charge in [0.05, 0.1) is 23.7 Å². The van der Waals surface area contributed by atoms with Crippen molar-refractivity contribution in [3.8, 4) is 33.8 Å². The molecular weight excluding hydrogens is 419 g/mol. The van der Waals surface area contributed by atoms with Gasteiger partial charge in [-0.3, -0.25) is 4.68 Å². The summed E-state index contributed by atoms with van der Waals surface area (Å²) >= 11 is 0. The van der Waals surface area contributed by atoms with Crippen LogP contribution in [0.15, 0.2) is 77.6 Å². The minimum Gasteiger partial charge on any atom is -0.438 e. The molecule has 0 N–H and O–H groups in total. The smallest absolute Gasteiger partial charge is 0.230 e. The maximum absolute atomic E-state index is 13.6. The molecule has 6 rings (SSSR count). The molecule has 0 bridgehead atoms. The summed E-state index contributed by atoms with van der Waals surface area (Å²) < 4.78 is 27.3. The third kappa shape index (κ3) is 3.70. The molecule has 1 fully saturated rings. The van der Waals surface area contributed by atoms with Gasteiger partial charge in [-0.05, 0) is 43.2 Å². The maximum Gasteiger partial charge on any atom is 0.230 e. The molecule has 3 aromatic heterocycles. The second-order valence-corrected chi connectivity index (χ2v) is 8.17. The van der Waals surface area contributed by atoms with Crippen LogP contribution in [-0.2, 0) is 4.74 Å². The molecule has 5 aromatic rings. The first-order valence-electron chi connectivity index (χ1n) is 11.0. The lowest BCUT2D eigenvalue weighted by atomic mass is 10.0. The van der Waals surface area contributed by atoms with E-state index >= 15 is 0 Å². The third-order valence-corrected chi connectivity index (χ3v) is 6.00. The summed E-state index contributed by atoms with van der Waals surface area (Å²) in [4.78, 5) is 8.97. The Hall–Kier alpha value is -3.84. The number of hydrogen-bond acceptors (Lipinski definition) is 5. The van der Waals surface area contributed by atoms with Gasteiger partial charge in [-0.25, -0.2) is 14.4 Å². The predicted molar refractivity (Wildman–Crippen MR) is 123 cm³/mol. The zero-order valence-corrected chi connectivity index (χ0v) is 17.8. The van der Waals surface area contributed by atoms with Crippen molar-refractivity contribution in [1.82, 2.24) is 19.7 Å². The fourth-order valence-corrected chi connectivity index (χ4v) is 4.32. The van der Waals surface area contributed by atoms with Crippen LogP contribution in [0.1, 0.15) is 18.9 Å². The van der Waals surface area contributed by atoms with Crippen molar-refractivity contribution in [2.45, 2.75) is 18.9 Å². The first kappa shape index (κ1) is 19.8. The summed E-state index contributed by atoms with van der Waals surface area (Å²) in [6.07, 6.45) is 5.50. The lowest BCUT2D eigenvalue weighted by molar-refractivity contribution is 0.0550. The molecule has 0 spiro atoms. The topological polar surface area (TPSA) is 66.0 Å². The van der Waals surface area contributed by atoms with Crippen LogP contribution in [0.3, 0.4) is 0 Å². The molecule has 2 aromatic carbocycles. The molecule has 164 valence electrons. The molecule has 0 amide bonds. The Bertz CT molecular complexity index is 1400. The molecule has 0 radical (unpaired) electrons. The highest BCUT2D eigenvalue weighted by atomic mass is 19.1. The normalized spacial score (nSPS) is 16.3. The molecule has 6 nitrogen and oxygen atoms in total. The highest BCUT2D eigenvalue weighted by molar-refractivity contribution is 5.95. The Morgan fingerprint density at radius 2 is 1.79 bits per heavy atom. The largest absolute Gasteiger partial charge is 0.438 e. The van der Waals surface area contributed by atoms with Crippen molar-refractivity contribution in [3.05, 3.63) is 79.0 Å². The molecule has 1 aliphatic rings. The first-order chi connectivity index (χ1) is 16.3. The van der Waals surface area contributed by atoms with E-state index in [-0.39, 0.29) is 11.9 Å². The van der Waals surface area contributed by atoms with Crippen LogP contribution in [0.5, 0.6) is 0 Å². The molecule has 1 aliphatic heterocycles. The zero-order chi connectivity index (χ0) is 22.2. The van der Waals surface area contributed by atoms with Crippen molar-refractivity contribution in [3.63, 3.8) is 0 Å². The minimum absolute atomic E-state index is 0.147. The molecule has 1 atom stereocenters. The third-order valence-electron chi connectivity index (χ3n) is 6.00. The number of aromatic nitrogens is 4. The second kappa shape index (κ2) is 8.26. The molecular formula is C26H21FN4O2. The first-order valence-corrected chi connectivity index (χ1v) is 11.0. The number of benzene rings is 2. The SMILES string of the molecule is Fc1ccc(-c2nn([C@@H]3CCCOC3)cc2-c2ncnc3oc(-c4ccccc4)cc23)cc1. The zero-order valence-electron chi connectivity index (χ0n) is 17.8. The fourth-order valence-electron chi connectivity index (χ4n) is 4.32. The van der Waals surface area contributed by atoms with Gasteiger partial charge in [0.25, 0.3) is 0 Å². The number of ether oxygens (including phenoxy) is 1. The predicted octanol–water partition coefficient (Wildman–Crippen LogP) is 5.91. The number of furan rings is 1. The van der Waals surface area contributed by atoms with E-state index in [9.17, 15) is 4.39 Å². The van der Waals surface area contributed by atoms with Crippen LogP contribution >= 0.6 is 0 Å². The van der Waals surface area contributed by atoms with Gasteiger partial charge in [-0.2, -0.15) is 5.10 Å². The van der Waals surface area contributed by atoms with Gasteiger partial charge < -0.3 is 9.15 Å². The van der Waals surface area contributed by atoms with Crippen molar-refractivity contribution in [2.75, 3.05) is 13.2 Å². The highest BCUT2D eigenvalue weighted by Gasteiger charge is 2.23. The van der Waals surface area contributed by atoms with Crippen molar-refractivity contribution in [1.29, 1.82) is 0 Å². The van der Waals surface area contributed by atoms with Crippen molar-refractivity contribution in [2.24, 2.45) is 0 Å². The molecule has 0 aliphatic carbocycles. The summed E-state index contributed by atoms with van der Waals surface area (Å²) in [7, 11) is 0. The van der Waals surface area contributed by atoms with Gasteiger partial charge in [-0.1, -0.05) is 30.3 Å². The van der Waals surface area contributed by atoms with E-state index in [1.54, 1.807) is 12.1 Å². The molecule has 33 heavy (non-hydrogen) atoms. The van der Waals surface area contributed by atoms with Crippen LogP contribution in [0.25, 0.3) is 44.9 Å². The average Bonchev–Trinajstić information content (AvgIpc) is 3.51. The molecule has 4 heterocycles. The lowest BCUT2D eigenvalue weighted by Crippen LogP contribution is -2.21. The van der Waals surface area contributed by atoms with Gasteiger partial charge in [0, 0.05) is 29.5 Å². The van der Waals surface area contributed by atoms with E-state index < -0.39 is 0 Å². The monoisotopic (exact) mass is 440 g/mol. The van der Waals surface area contributed by atoms with E-state index in [1.165, 1.54) is 18.5 Å². The van der Waals surface area contributed by atoms with E-state index in [1.807, 2.05) is 47.3 Å². The van der Waals surface area contributed by atoms with E-state index in [2.05, 4.69) is 9.97 Å². The molecule has 0 saturated carbocycles. The van der Waals surface area contributed by atoms with E-state index in [0.29, 0.717) is 12.3 Å². The van der Waals surface area contributed by atoms with Gasteiger partial charge in [0.1, 0.15) is 23.6 Å². The Morgan fingerprint density at radius 3 is 2.58 bits per heavy atom. The van der Waals surface area contributed by atoms with Crippen LogP contribution in [-0.4, -0.2) is 33.0 Å². The summed E-state index contributed by atoms with van der Waals surface area (Å²) in [6, 6.07) is 18.4. The van der Waals surface area contributed by atoms with Gasteiger partial charge in [-0.15, -0.1) is 0 Å². The Morgan fingerprint density at radius 1 is 0.939 bits per heavy atom. The fraction of sp³-hybridized carbons (Fsp3) is 0.192.